The van der Waals surface area contributed by atoms with Crippen LogP contribution in [0, 0.1) is 5.82 Å². The molecular weight excluding hydrogens is 159 g/mol. The maximum atomic E-state index is 13.1. The molecule has 0 fully saturated rings. The van der Waals surface area contributed by atoms with Crippen molar-refractivity contribution < 1.29 is 4.39 Å². The molecule has 0 saturated heterocycles. The summed E-state index contributed by atoms with van der Waals surface area (Å²) in [6.07, 6.45) is 2.94. The zero-order valence-corrected chi connectivity index (χ0v) is 6.45. The van der Waals surface area contributed by atoms with Gasteiger partial charge in [0.1, 0.15) is 6.33 Å². The van der Waals surface area contributed by atoms with Gasteiger partial charge in [-0.05, 0) is 0 Å². The summed E-state index contributed by atoms with van der Waals surface area (Å²) in [5.74, 6) is -0.321. The molecule has 0 unspecified atom stereocenters. The fourth-order valence-electron chi connectivity index (χ4n) is 1.02. The smallest absolute Gasteiger partial charge is 0.158 e. The quantitative estimate of drug-likeness (QED) is 0.684. The molecule has 0 amide bonds. The van der Waals surface area contributed by atoms with E-state index in [0.717, 1.165) is 0 Å². The number of fused-ring (bicyclic) bond motifs is 1. The van der Waals surface area contributed by atoms with E-state index in [2.05, 4.69) is 15.4 Å². The minimum absolute atomic E-state index is 0.321. The lowest BCUT2D eigenvalue weighted by Gasteiger charge is -2.00. The molecule has 0 spiro atoms. The van der Waals surface area contributed by atoms with Crippen molar-refractivity contribution in [1.29, 1.82) is 0 Å². The van der Waals surface area contributed by atoms with E-state index in [1.165, 1.54) is 16.9 Å². The van der Waals surface area contributed by atoms with Crippen LogP contribution in [0.2, 0.25) is 0 Å². The first-order valence-corrected chi connectivity index (χ1v) is 3.48. The number of nitrogens with zero attached hydrogens (tertiary/aromatic N) is 3. The lowest BCUT2D eigenvalue weighted by atomic mass is 10.4. The second-order valence-electron chi connectivity index (χ2n) is 2.35. The van der Waals surface area contributed by atoms with Crippen LogP contribution < -0.4 is 5.32 Å². The summed E-state index contributed by atoms with van der Waals surface area (Å²) in [6.45, 7) is 0. The first kappa shape index (κ1) is 7.02. The minimum atomic E-state index is -0.321. The highest BCUT2D eigenvalue weighted by Gasteiger charge is 2.03. The van der Waals surface area contributed by atoms with Gasteiger partial charge in [-0.1, -0.05) is 0 Å². The second-order valence-corrected chi connectivity index (χ2v) is 2.35. The van der Waals surface area contributed by atoms with Gasteiger partial charge in [-0.25, -0.2) is 13.9 Å². The first-order chi connectivity index (χ1) is 5.81. The van der Waals surface area contributed by atoms with E-state index >= 15 is 0 Å². The largest absolute Gasteiger partial charge is 0.384 e. The number of anilines is 1. The summed E-state index contributed by atoms with van der Waals surface area (Å²) in [6, 6.07) is 1.33. The predicted molar refractivity (Wildman–Crippen MR) is 42.5 cm³/mol. The van der Waals surface area contributed by atoms with Crippen molar-refractivity contribution in [3.63, 3.8) is 0 Å². The van der Waals surface area contributed by atoms with E-state index in [-0.39, 0.29) is 5.82 Å². The van der Waals surface area contributed by atoms with Crippen LogP contribution in [0.3, 0.4) is 0 Å². The van der Waals surface area contributed by atoms with Gasteiger partial charge in [0.25, 0.3) is 0 Å². The van der Waals surface area contributed by atoms with Crippen molar-refractivity contribution in [1.82, 2.24) is 14.6 Å². The van der Waals surface area contributed by atoms with Crippen LogP contribution in [0.1, 0.15) is 0 Å². The van der Waals surface area contributed by atoms with Crippen LogP contribution in [-0.2, 0) is 0 Å². The van der Waals surface area contributed by atoms with Crippen LogP contribution in [0.25, 0.3) is 5.65 Å². The van der Waals surface area contributed by atoms with Crippen LogP contribution >= 0.6 is 0 Å². The summed E-state index contributed by atoms with van der Waals surface area (Å²) in [5.41, 5.74) is 0.916. The molecule has 2 heterocycles. The number of halogens is 1. The molecule has 0 bridgehead atoms. The van der Waals surface area contributed by atoms with Gasteiger partial charge < -0.3 is 5.32 Å². The van der Waals surface area contributed by atoms with Crippen molar-refractivity contribution >= 4 is 11.3 Å². The monoisotopic (exact) mass is 166 g/mol. The van der Waals surface area contributed by atoms with Crippen LogP contribution in [0.5, 0.6) is 0 Å². The topological polar surface area (TPSA) is 42.2 Å². The molecule has 0 atom stereocenters. The number of nitrogens with one attached hydrogen (secondary N) is 1. The highest BCUT2D eigenvalue weighted by atomic mass is 19.1. The van der Waals surface area contributed by atoms with Gasteiger partial charge in [-0.15, -0.1) is 0 Å². The standard InChI is InChI=1S/C7H7FN4/c1-9-6-3-12-7(2-5(6)8)10-4-11-12/h2-4,9H,1H3. The molecule has 62 valence electrons. The Hall–Kier alpha value is -1.65. The zero-order valence-electron chi connectivity index (χ0n) is 6.45. The molecule has 2 rings (SSSR count). The highest BCUT2D eigenvalue weighted by molar-refractivity contribution is 5.49. The Bertz CT molecular complexity index is 409. The lowest BCUT2D eigenvalue weighted by Crippen LogP contribution is -1.96. The predicted octanol–water partition coefficient (Wildman–Crippen LogP) is 0.910. The molecule has 0 saturated carbocycles. The normalized spacial score (nSPS) is 10.5. The molecule has 1 N–H and O–H groups in total. The number of aromatic nitrogens is 3. The molecule has 2 aromatic heterocycles. The first-order valence-electron chi connectivity index (χ1n) is 3.48. The van der Waals surface area contributed by atoms with E-state index in [1.807, 2.05) is 0 Å². The van der Waals surface area contributed by atoms with Crippen LogP contribution in [0.15, 0.2) is 18.6 Å². The molecule has 0 aliphatic carbocycles. The van der Waals surface area contributed by atoms with Crippen molar-refractivity contribution in [2.75, 3.05) is 12.4 Å². The third kappa shape index (κ3) is 0.903. The van der Waals surface area contributed by atoms with E-state index in [4.69, 9.17) is 0 Å². The van der Waals surface area contributed by atoms with Gasteiger partial charge in [-0.2, -0.15) is 5.10 Å². The number of pyridine rings is 1. The van der Waals surface area contributed by atoms with Crippen LogP contribution in [-0.4, -0.2) is 21.6 Å². The number of rotatable bonds is 1. The maximum absolute atomic E-state index is 13.1. The molecule has 2 aromatic rings. The summed E-state index contributed by atoms with van der Waals surface area (Å²) < 4.78 is 14.6. The second kappa shape index (κ2) is 2.44. The maximum Gasteiger partial charge on any atom is 0.158 e. The fraction of sp³-hybridized carbons (Fsp3) is 0.143. The zero-order chi connectivity index (χ0) is 8.55. The van der Waals surface area contributed by atoms with Gasteiger partial charge in [0.2, 0.25) is 0 Å². The molecule has 12 heavy (non-hydrogen) atoms. The molecule has 4 nitrogen and oxygen atoms in total. The third-order valence-electron chi connectivity index (χ3n) is 1.63. The van der Waals surface area contributed by atoms with E-state index in [0.29, 0.717) is 11.3 Å². The molecule has 0 aliphatic rings. The molecule has 0 radical (unpaired) electrons. The van der Waals surface area contributed by atoms with Crippen molar-refractivity contribution in [3.05, 3.63) is 24.4 Å². The average Bonchev–Trinajstić information content (AvgIpc) is 2.49. The lowest BCUT2D eigenvalue weighted by molar-refractivity contribution is 0.629. The summed E-state index contributed by atoms with van der Waals surface area (Å²) >= 11 is 0. The molecule has 0 aliphatic heterocycles. The molecular formula is C7H7FN4. The van der Waals surface area contributed by atoms with Crippen molar-refractivity contribution in [3.8, 4) is 0 Å². The Morgan fingerprint density at radius 2 is 2.42 bits per heavy atom. The third-order valence-corrected chi connectivity index (χ3v) is 1.63. The Balaban J connectivity index is 2.73. The minimum Gasteiger partial charge on any atom is -0.384 e. The van der Waals surface area contributed by atoms with Gasteiger partial charge in [0.05, 0.1) is 11.9 Å². The highest BCUT2D eigenvalue weighted by Crippen LogP contribution is 2.13. The Morgan fingerprint density at radius 1 is 1.58 bits per heavy atom. The van der Waals surface area contributed by atoms with E-state index < -0.39 is 0 Å². The van der Waals surface area contributed by atoms with Gasteiger partial charge >= 0.3 is 0 Å². The van der Waals surface area contributed by atoms with Crippen molar-refractivity contribution in [2.45, 2.75) is 0 Å². The number of hydrogen-bond donors (Lipinski definition) is 1. The molecule has 0 aromatic carbocycles. The summed E-state index contributed by atoms with van der Waals surface area (Å²) in [5, 5.41) is 6.58. The Morgan fingerprint density at radius 3 is 3.17 bits per heavy atom. The summed E-state index contributed by atoms with van der Waals surface area (Å²) in [4.78, 5) is 3.84. The van der Waals surface area contributed by atoms with Gasteiger partial charge in [0.15, 0.2) is 11.5 Å². The van der Waals surface area contributed by atoms with Gasteiger partial charge in [-0.3, -0.25) is 0 Å². The van der Waals surface area contributed by atoms with E-state index in [9.17, 15) is 4.39 Å². The summed E-state index contributed by atoms with van der Waals surface area (Å²) in [7, 11) is 1.65. The number of hydrogen-bond acceptors (Lipinski definition) is 3. The Labute approximate surface area is 68.0 Å². The fourth-order valence-corrected chi connectivity index (χ4v) is 1.02. The average molecular weight is 166 g/mol. The SMILES string of the molecule is CNc1cn2ncnc2cc1F. The Kier molecular flexibility index (Phi) is 1.43. The molecule has 5 heteroatoms. The van der Waals surface area contributed by atoms with Crippen molar-refractivity contribution in [2.24, 2.45) is 0 Å². The van der Waals surface area contributed by atoms with E-state index in [1.54, 1.807) is 13.2 Å². The van der Waals surface area contributed by atoms with Gasteiger partial charge in [0, 0.05) is 13.1 Å². The van der Waals surface area contributed by atoms with Crippen LogP contribution in [0.4, 0.5) is 10.1 Å².